The van der Waals surface area contributed by atoms with Crippen molar-refractivity contribution in [3.05, 3.63) is 98.7 Å². The third-order valence-corrected chi connectivity index (χ3v) is 13.6. The van der Waals surface area contributed by atoms with Gasteiger partial charge in [0.15, 0.2) is 21.2 Å². The van der Waals surface area contributed by atoms with E-state index in [9.17, 15) is 28.7 Å². The molecule has 0 radical (unpaired) electrons. The van der Waals surface area contributed by atoms with Crippen LogP contribution in [0.4, 0.5) is 15.8 Å². The fourth-order valence-corrected chi connectivity index (χ4v) is 9.62. The molecule has 2 heterocycles. The zero-order valence-corrected chi connectivity index (χ0v) is 29.7. The summed E-state index contributed by atoms with van der Waals surface area (Å²) in [4.78, 5) is 55.0. The van der Waals surface area contributed by atoms with Crippen molar-refractivity contribution in [1.29, 1.82) is 0 Å². The average Bonchev–Trinajstić information content (AvgIpc) is 3.42. The van der Waals surface area contributed by atoms with Crippen LogP contribution in [-0.2, 0) is 19.2 Å². The van der Waals surface area contributed by atoms with Gasteiger partial charge >= 0.3 is 0 Å². The first kappa shape index (κ1) is 33.0. The molecule has 0 bridgehead atoms. The van der Waals surface area contributed by atoms with Crippen molar-refractivity contribution in [2.75, 3.05) is 16.9 Å². The number of nitrogens with zero attached hydrogens (tertiary/aromatic N) is 2. The average molecular weight is 819 g/mol. The lowest BCUT2D eigenvalue weighted by molar-refractivity contribution is -0.125. The topological polar surface area (TPSA) is 104 Å². The van der Waals surface area contributed by atoms with E-state index >= 15 is 0 Å². The molecule has 4 amide bonds. The van der Waals surface area contributed by atoms with Crippen LogP contribution in [0.15, 0.2) is 81.8 Å². The summed E-state index contributed by atoms with van der Waals surface area (Å²) in [6.45, 7) is 3.75. The van der Waals surface area contributed by atoms with Crippen molar-refractivity contribution in [3.8, 4) is 11.5 Å². The maximum atomic E-state index is 14.6. The number of phenols is 1. The van der Waals surface area contributed by atoms with Gasteiger partial charge in [0.05, 0.1) is 34.8 Å². The van der Waals surface area contributed by atoms with Crippen molar-refractivity contribution < 1.29 is 33.4 Å². The number of halogens is 5. The number of hydrogen-bond donors (Lipinski definition) is 1. The van der Waals surface area contributed by atoms with Gasteiger partial charge in [-0.15, -0.1) is 23.2 Å². The summed E-state index contributed by atoms with van der Waals surface area (Å²) >= 11 is 21.8. The van der Waals surface area contributed by atoms with Gasteiger partial charge in [0.2, 0.25) is 11.8 Å². The molecule has 3 fully saturated rings. The van der Waals surface area contributed by atoms with Crippen LogP contribution in [-0.4, -0.2) is 45.6 Å². The Balaban J connectivity index is 1.43. The number of rotatable bonds is 5. The summed E-state index contributed by atoms with van der Waals surface area (Å²) in [5.41, 5.74) is 2.18. The van der Waals surface area contributed by atoms with Gasteiger partial charge < -0.3 is 9.84 Å². The molecule has 3 aromatic rings. The summed E-state index contributed by atoms with van der Waals surface area (Å²) in [5.74, 6) is -6.87. The highest BCUT2D eigenvalue weighted by Gasteiger charge is 2.77. The summed E-state index contributed by atoms with van der Waals surface area (Å²) < 4.78 is 19.9. The molecule has 7 rings (SSSR count). The first-order valence-electron chi connectivity index (χ1n) is 14.9. The molecule has 2 aliphatic heterocycles. The van der Waals surface area contributed by atoms with Crippen LogP contribution in [0.3, 0.4) is 0 Å². The second kappa shape index (κ2) is 11.5. The van der Waals surface area contributed by atoms with E-state index in [1.165, 1.54) is 30.2 Å². The first-order chi connectivity index (χ1) is 22.8. The van der Waals surface area contributed by atoms with E-state index in [0.29, 0.717) is 21.3 Å². The van der Waals surface area contributed by atoms with Crippen molar-refractivity contribution in [1.82, 2.24) is 0 Å². The number of methoxy groups -OCH3 is 1. The van der Waals surface area contributed by atoms with E-state index in [2.05, 4.69) is 38.4 Å². The highest BCUT2D eigenvalue weighted by atomic mass is 79.9. The lowest BCUT2D eigenvalue weighted by atomic mass is 9.56. The SMILES string of the molecule is C=Cc1ccc(N2C(=O)[C@H]3[C@H](CC=C4[C@H]3C[C@@]3(Cl)C(=O)N(c5ccc(F)cc5)C(=O)[C@@]3(Cl)[C@H]4c3cc(OC)c(O)c(Br)c3Br)C2=O)cc1. The van der Waals surface area contributed by atoms with E-state index in [1.807, 2.05) is 6.08 Å². The predicted octanol–water partition coefficient (Wildman–Crippen LogP) is 7.48. The zero-order chi connectivity index (χ0) is 34.4. The molecule has 1 saturated carbocycles. The number of phenolic OH excluding ortho intramolecular Hbond substituents is 1. The number of allylic oxidation sites excluding steroid dienone is 2. The lowest BCUT2D eigenvalue weighted by Crippen LogP contribution is -2.60. The van der Waals surface area contributed by atoms with E-state index in [-0.39, 0.29) is 40.4 Å². The molecular weight excluding hydrogens is 794 g/mol. The van der Waals surface area contributed by atoms with Gasteiger partial charge in [-0.2, -0.15) is 0 Å². The third-order valence-electron chi connectivity index (χ3n) is 9.99. The van der Waals surface area contributed by atoms with Crippen LogP contribution in [0.25, 0.3) is 6.08 Å². The van der Waals surface area contributed by atoms with Gasteiger partial charge in [0.1, 0.15) is 5.82 Å². The van der Waals surface area contributed by atoms with Gasteiger partial charge in [0, 0.05) is 10.4 Å². The Bertz CT molecular complexity index is 1990. The quantitative estimate of drug-likeness (QED) is 0.163. The number of fused-ring (bicyclic) bond motifs is 4. The number of imide groups is 2. The van der Waals surface area contributed by atoms with Crippen LogP contribution >= 0.6 is 55.1 Å². The van der Waals surface area contributed by atoms with Crippen LogP contribution in [0.1, 0.15) is 29.9 Å². The van der Waals surface area contributed by atoms with Crippen molar-refractivity contribution in [2.45, 2.75) is 28.5 Å². The minimum atomic E-state index is -2.16. The molecular formula is C35H25Br2Cl2FN2O6. The zero-order valence-electron chi connectivity index (χ0n) is 25.1. The van der Waals surface area contributed by atoms with Gasteiger partial charge in [0.25, 0.3) is 11.8 Å². The van der Waals surface area contributed by atoms with Crippen LogP contribution in [0, 0.1) is 23.6 Å². The molecule has 13 heteroatoms. The van der Waals surface area contributed by atoms with E-state index in [0.717, 1.165) is 22.6 Å². The molecule has 246 valence electrons. The summed E-state index contributed by atoms with van der Waals surface area (Å²) in [7, 11) is 1.36. The summed E-state index contributed by atoms with van der Waals surface area (Å²) in [6, 6.07) is 13.1. The fraction of sp³-hybridized carbons (Fsp3) is 0.257. The number of aromatic hydroxyl groups is 1. The van der Waals surface area contributed by atoms with Crippen LogP contribution in [0.2, 0.25) is 0 Å². The van der Waals surface area contributed by atoms with Crippen molar-refractivity contribution in [3.63, 3.8) is 0 Å². The van der Waals surface area contributed by atoms with Gasteiger partial charge in [-0.05, 0) is 104 Å². The van der Waals surface area contributed by atoms with E-state index < -0.39 is 57.0 Å². The van der Waals surface area contributed by atoms with E-state index in [4.69, 9.17) is 27.9 Å². The van der Waals surface area contributed by atoms with Crippen molar-refractivity contribution >= 4 is 96.1 Å². The number of ether oxygens (including phenoxy) is 1. The Morgan fingerprint density at radius 2 is 1.56 bits per heavy atom. The summed E-state index contributed by atoms with van der Waals surface area (Å²) in [5, 5.41) is 10.8. The molecule has 1 N–H and O–H groups in total. The number of carbonyl (C=O) groups excluding carboxylic acids is 4. The van der Waals surface area contributed by atoms with Gasteiger partial charge in [-0.1, -0.05) is 36.4 Å². The highest BCUT2D eigenvalue weighted by molar-refractivity contribution is 9.13. The molecule has 2 saturated heterocycles. The monoisotopic (exact) mass is 816 g/mol. The summed E-state index contributed by atoms with van der Waals surface area (Å²) in [6.07, 6.45) is 3.39. The Kier molecular flexibility index (Phi) is 7.94. The Labute approximate surface area is 301 Å². The maximum absolute atomic E-state index is 14.6. The molecule has 8 nitrogen and oxygen atoms in total. The molecule has 48 heavy (non-hydrogen) atoms. The smallest absolute Gasteiger partial charge is 0.258 e. The second-order valence-corrected chi connectivity index (χ2v) is 15.0. The number of hydrogen-bond acceptors (Lipinski definition) is 6. The number of alkyl halides is 2. The van der Waals surface area contributed by atoms with Crippen molar-refractivity contribution in [2.24, 2.45) is 17.8 Å². The predicted molar refractivity (Wildman–Crippen MR) is 186 cm³/mol. The largest absolute Gasteiger partial charge is 0.503 e. The molecule has 3 aromatic carbocycles. The number of carbonyl (C=O) groups is 4. The van der Waals surface area contributed by atoms with Crippen LogP contribution < -0.4 is 14.5 Å². The van der Waals surface area contributed by atoms with Gasteiger partial charge in [-0.3, -0.25) is 24.1 Å². The van der Waals surface area contributed by atoms with Crippen LogP contribution in [0.5, 0.6) is 11.5 Å². The normalized spacial score (nSPS) is 29.4. The Morgan fingerprint density at radius 1 is 0.938 bits per heavy atom. The molecule has 0 spiro atoms. The molecule has 0 unspecified atom stereocenters. The highest BCUT2D eigenvalue weighted by Crippen LogP contribution is 2.67. The minimum Gasteiger partial charge on any atom is -0.503 e. The minimum absolute atomic E-state index is 0.0466. The van der Waals surface area contributed by atoms with Gasteiger partial charge in [-0.25, -0.2) is 9.29 Å². The van der Waals surface area contributed by atoms with E-state index in [1.54, 1.807) is 30.3 Å². The first-order valence-corrected chi connectivity index (χ1v) is 17.2. The molecule has 4 aliphatic rings. The maximum Gasteiger partial charge on any atom is 0.258 e. The fourth-order valence-electron chi connectivity index (χ4n) is 7.74. The second-order valence-electron chi connectivity index (χ2n) is 12.2. The number of benzene rings is 3. The lowest BCUT2D eigenvalue weighted by Gasteiger charge is -2.51. The Hall–Kier alpha value is -3.51. The number of anilines is 2. The molecule has 6 atom stereocenters. The molecule has 2 aliphatic carbocycles. The Morgan fingerprint density at radius 3 is 2.19 bits per heavy atom. The third kappa shape index (κ3) is 4.36. The standard InChI is InChI=1S/C35H25Br2Cl2FN2O6/c1-3-16-4-8-18(9-5-16)41-30(44)21-13-12-20-23(25(21)31(41)45)15-34(38)32(46)42(19-10-6-17(40)7-11-19)33(47)35(34,39)26(20)22-14-24(48-2)29(43)28(37)27(22)36/h3-12,14,21,23,25-26,43H,1,13,15H2,2H3/t21-,23+,25-,26+,34+,35-/m0/s1. The number of amides is 4. The molecule has 0 aromatic heterocycles.